The van der Waals surface area contributed by atoms with Gasteiger partial charge in [0.1, 0.15) is 0 Å². The van der Waals surface area contributed by atoms with Crippen molar-refractivity contribution in [2.75, 3.05) is 33.4 Å². The van der Waals surface area contributed by atoms with Crippen LogP contribution in [0.5, 0.6) is 0 Å². The van der Waals surface area contributed by atoms with Crippen LogP contribution in [-0.4, -0.2) is 59.5 Å². The van der Waals surface area contributed by atoms with Gasteiger partial charge in [-0.15, -0.1) is 0 Å². The van der Waals surface area contributed by atoms with Crippen LogP contribution in [0.1, 0.15) is 77.3 Å². The summed E-state index contributed by atoms with van der Waals surface area (Å²) in [6.45, 7) is 6.66. The molecule has 1 rings (SSSR count). The lowest BCUT2D eigenvalue weighted by atomic mass is 10.1. The summed E-state index contributed by atoms with van der Waals surface area (Å²) >= 11 is 0. The van der Waals surface area contributed by atoms with Gasteiger partial charge < -0.3 is 19.1 Å². The highest BCUT2D eigenvalue weighted by molar-refractivity contribution is 5.84. The van der Waals surface area contributed by atoms with Crippen LogP contribution in [0.15, 0.2) is 18.3 Å². The van der Waals surface area contributed by atoms with Gasteiger partial charge in [0.15, 0.2) is 0 Å². The molecule has 0 saturated heterocycles. The van der Waals surface area contributed by atoms with E-state index in [-0.39, 0.29) is 18.4 Å². The standard InChI is InChI=1S/C24H43N3O3/c1-5-7-9-10-11-12-15-23(28)26(17-8-6-2)21-24(29)27(18-19-30-4)20-22-14-13-16-25(22)3/h13-14,16H,5-12,15,17-21H2,1-4H3. The van der Waals surface area contributed by atoms with E-state index in [1.165, 1.54) is 25.7 Å². The lowest BCUT2D eigenvalue weighted by molar-refractivity contribution is -0.141. The van der Waals surface area contributed by atoms with Crippen LogP contribution in [0.4, 0.5) is 0 Å². The number of aryl methyl sites for hydroxylation is 1. The largest absolute Gasteiger partial charge is 0.383 e. The Balaban J connectivity index is 2.65. The highest BCUT2D eigenvalue weighted by atomic mass is 16.5. The molecule has 0 N–H and O–H groups in total. The van der Waals surface area contributed by atoms with Gasteiger partial charge in [-0.3, -0.25) is 9.59 Å². The second kappa shape index (κ2) is 15.9. The Hall–Kier alpha value is -1.82. The molecule has 0 unspecified atom stereocenters. The van der Waals surface area contributed by atoms with E-state index in [1.807, 2.05) is 29.9 Å². The highest BCUT2D eigenvalue weighted by Crippen LogP contribution is 2.11. The van der Waals surface area contributed by atoms with Gasteiger partial charge in [-0.2, -0.15) is 0 Å². The number of carbonyl (C=O) groups excluding carboxylic acids is 2. The van der Waals surface area contributed by atoms with Crippen LogP contribution in [0, 0.1) is 0 Å². The molecule has 0 bridgehead atoms. The van der Waals surface area contributed by atoms with Gasteiger partial charge >= 0.3 is 0 Å². The molecule has 1 aromatic heterocycles. The van der Waals surface area contributed by atoms with E-state index in [4.69, 9.17) is 4.74 Å². The van der Waals surface area contributed by atoms with Crippen molar-refractivity contribution in [1.29, 1.82) is 0 Å². The predicted octanol–water partition coefficient (Wildman–Crippen LogP) is 4.38. The summed E-state index contributed by atoms with van der Waals surface area (Å²) in [5, 5.41) is 0. The van der Waals surface area contributed by atoms with E-state index in [9.17, 15) is 9.59 Å². The molecule has 30 heavy (non-hydrogen) atoms. The second-order valence-electron chi connectivity index (χ2n) is 8.11. The summed E-state index contributed by atoms with van der Waals surface area (Å²) in [6, 6.07) is 4.00. The zero-order valence-electron chi connectivity index (χ0n) is 19.7. The van der Waals surface area contributed by atoms with Crippen molar-refractivity contribution in [3.63, 3.8) is 0 Å². The van der Waals surface area contributed by atoms with E-state index in [0.717, 1.165) is 31.4 Å². The van der Waals surface area contributed by atoms with E-state index < -0.39 is 0 Å². The van der Waals surface area contributed by atoms with Crippen LogP contribution >= 0.6 is 0 Å². The predicted molar refractivity (Wildman–Crippen MR) is 122 cm³/mol. The average Bonchev–Trinajstić information content (AvgIpc) is 3.14. The maximum absolute atomic E-state index is 13.1. The first-order valence-electron chi connectivity index (χ1n) is 11.7. The molecule has 1 heterocycles. The number of hydrogen-bond acceptors (Lipinski definition) is 3. The van der Waals surface area contributed by atoms with Crippen molar-refractivity contribution in [1.82, 2.24) is 14.4 Å². The van der Waals surface area contributed by atoms with Crippen LogP contribution in [0.2, 0.25) is 0 Å². The van der Waals surface area contributed by atoms with Crippen LogP contribution < -0.4 is 0 Å². The summed E-state index contributed by atoms with van der Waals surface area (Å²) in [5.41, 5.74) is 1.07. The third-order valence-electron chi connectivity index (χ3n) is 5.53. The first-order valence-corrected chi connectivity index (χ1v) is 11.7. The summed E-state index contributed by atoms with van der Waals surface area (Å²) in [4.78, 5) is 29.5. The fourth-order valence-electron chi connectivity index (χ4n) is 3.47. The number of methoxy groups -OCH3 is 1. The lowest BCUT2D eigenvalue weighted by Gasteiger charge is -2.28. The second-order valence-corrected chi connectivity index (χ2v) is 8.11. The molecular formula is C24H43N3O3. The molecule has 0 radical (unpaired) electrons. The molecule has 0 fully saturated rings. The van der Waals surface area contributed by atoms with Crippen molar-refractivity contribution in [3.05, 3.63) is 24.0 Å². The number of hydrogen-bond donors (Lipinski definition) is 0. The van der Waals surface area contributed by atoms with Gasteiger partial charge in [0.25, 0.3) is 0 Å². The maximum atomic E-state index is 13.1. The Morgan fingerprint density at radius 3 is 2.27 bits per heavy atom. The quantitative estimate of drug-likeness (QED) is 0.351. The first kappa shape index (κ1) is 26.2. The zero-order valence-corrected chi connectivity index (χ0v) is 19.7. The van der Waals surface area contributed by atoms with Gasteiger partial charge in [0.05, 0.1) is 19.7 Å². The normalized spacial score (nSPS) is 10.9. The SMILES string of the molecule is CCCCCCCCC(=O)N(CCCC)CC(=O)N(CCOC)Cc1cccn1C. The highest BCUT2D eigenvalue weighted by Gasteiger charge is 2.21. The molecule has 0 aliphatic heterocycles. The fourth-order valence-corrected chi connectivity index (χ4v) is 3.47. The Kier molecular flexibility index (Phi) is 13.9. The summed E-state index contributed by atoms with van der Waals surface area (Å²) in [5.74, 6) is 0.0958. The maximum Gasteiger partial charge on any atom is 0.242 e. The molecule has 172 valence electrons. The number of unbranched alkanes of at least 4 members (excludes halogenated alkanes) is 6. The fraction of sp³-hybridized carbons (Fsp3) is 0.750. The Morgan fingerprint density at radius 2 is 1.63 bits per heavy atom. The molecule has 0 aromatic carbocycles. The molecule has 2 amide bonds. The minimum atomic E-state index is -0.0133. The molecule has 1 aromatic rings. The van der Waals surface area contributed by atoms with Crippen molar-refractivity contribution < 1.29 is 14.3 Å². The van der Waals surface area contributed by atoms with Gasteiger partial charge in [0.2, 0.25) is 11.8 Å². The zero-order chi connectivity index (χ0) is 22.2. The van der Waals surface area contributed by atoms with E-state index in [0.29, 0.717) is 32.7 Å². The number of ether oxygens (including phenoxy) is 1. The van der Waals surface area contributed by atoms with Gasteiger partial charge in [-0.05, 0) is 25.0 Å². The smallest absolute Gasteiger partial charge is 0.242 e. The van der Waals surface area contributed by atoms with Crippen LogP contribution in [0.3, 0.4) is 0 Å². The van der Waals surface area contributed by atoms with E-state index in [2.05, 4.69) is 13.8 Å². The molecule has 0 saturated carbocycles. The molecule has 0 spiro atoms. The first-order chi connectivity index (χ1) is 14.5. The molecule has 0 aliphatic rings. The van der Waals surface area contributed by atoms with Gasteiger partial charge in [-0.1, -0.05) is 52.4 Å². The molecule has 6 heteroatoms. The number of nitrogens with zero attached hydrogens (tertiary/aromatic N) is 3. The number of aromatic nitrogens is 1. The average molecular weight is 422 g/mol. The summed E-state index contributed by atoms with van der Waals surface area (Å²) < 4.78 is 7.22. The molecular weight excluding hydrogens is 378 g/mol. The molecule has 0 aliphatic carbocycles. The van der Waals surface area contributed by atoms with Gasteiger partial charge in [0, 0.05) is 45.6 Å². The lowest BCUT2D eigenvalue weighted by Crippen LogP contribution is -2.44. The summed E-state index contributed by atoms with van der Waals surface area (Å²) in [6.07, 6.45) is 11.4. The van der Waals surface area contributed by atoms with Crippen LogP contribution in [0.25, 0.3) is 0 Å². The van der Waals surface area contributed by atoms with Crippen molar-refractivity contribution in [2.24, 2.45) is 7.05 Å². The number of carbonyl (C=O) groups is 2. The Bertz CT molecular complexity index is 600. The topological polar surface area (TPSA) is 54.8 Å². The monoisotopic (exact) mass is 421 g/mol. The van der Waals surface area contributed by atoms with E-state index in [1.54, 1.807) is 16.9 Å². The Morgan fingerprint density at radius 1 is 0.933 bits per heavy atom. The summed E-state index contributed by atoms with van der Waals surface area (Å²) in [7, 11) is 3.62. The van der Waals surface area contributed by atoms with Crippen molar-refractivity contribution in [2.45, 2.75) is 78.2 Å². The van der Waals surface area contributed by atoms with Crippen molar-refractivity contribution in [3.8, 4) is 0 Å². The number of rotatable bonds is 17. The van der Waals surface area contributed by atoms with Gasteiger partial charge in [-0.25, -0.2) is 0 Å². The minimum absolute atomic E-state index is 0.0133. The van der Waals surface area contributed by atoms with E-state index >= 15 is 0 Å². The Labute approximate surface area is 183 Å². The third-order valence-corrected chi connectivity index (χ3v) is 5.53. The third kappa shape index (κ3) is 10.3. The molecule has 0 atom stereocenters. The van der Waals surface area contributed by atoms with Crippen molar-refractivity contribution >= 4 is 11.8 Å². The number of amides is 2. The molecule has 6 nitrogen and oxygen atoms in total. The van der Waals surface area contributed by atoms with Crippen LogP contribution in [-0.2, 0) is 27.9 Å². The minimum Gasteiger partial charge on any atom is -0.383 e.